The second-order valence-corrected chi connectivity index (χ2v) is 4.77. The van der Waals surface area contributed by atoms with Crippen LogP contribution in [0.2, 0.25) is 0 Å². The number of amides is 2. The largest absolute Gasteiger partial charge is 0.338 e. The number of urea groups is 1. The van der Waals surface area contributed by atoms with E-state index < -0.39 is 0 Å². The summed E-state index contributed by atoms with van der Waals surface area (Å²) in [4.78, 5) is 16.2. The molecular formula is C13H27N3O. The molecule has 4 heteroatoms. The Morgan fingerprint density at radius 1 is 1.06 bits per heavy atom. The van der Waals surface area contributed by atoms with E-state index in [1.165, 1.54) is 19.3 Å². The topological polar surface area (TPSA) is 35.6 Å². The van der Waals surface area contributed by atoms with Gasteiger partial charge in [-0.2, -0.15) is 0 Å². The molecule has 2 amide bonds. The van der Waals surface area contributed by atoms with Crippen LogP contribution < -0.4 is 5.32 Å². The summed E-state index contributed by atoms with van der Waals surface area (Å²) in [5, 5.41) is 3.00. The van der Waals surface area contributed by atoms with E-state index in [-0.39, 0.29) is 6.03 Å². The van der Waals surface area contributed by atoms with Crippen LogP contribution in [0.25, 0.3) is 0 Å². The molecule has 0 spiro atoms. The third kappa shape index (κ3) is 5.39. The minimum absolute atomic E-state index is 0.122. The molecular weight excluding hydrogens is 214 g/mol. The molecule has 1 saturated heterocycles. The Bertz CT molecular complexity index is 213. The lowest BCUT2D eigenvalue weighted by Gasteiger charge is -2.34. The predicted octanol–water partition coefficient (Wildman–Crippen LogP) is 1.91. The van der Waals surface area contributed by atoms with Crippen LogP contribution in [0.1, 0.15) is 39.5 Å². The van der Waals surface area contributed by atoms with Crippen molar-refractivity contribution >= 4 is 6.03 Å². The average Bonchev–Trinajstić information content (AvgIpc) is 2.36. The van der Waals surface area contributed by atoms with Gasteiger partial charge in [-0.15, -0.1) is 0 Å². The Balaban J connectivity index is 2.12. The third-order valence-electron chi connectivity index (χ3n) is 3.26. The predicted molar refractivity (Wildman–Crippen MR) is 71.2 cm³/mol. The standard InChI is InChI=1S/C13H27N3O/c1-3-5-6-7-14-13(17)16-11-9-15(8-4-2)10-12-16/h3-12H2,1-2H3,(H,14,17). The maximum Gasteiger partial charge on any atom is 0.317 e. The van der Waals surface area contributed by atoms with Gasteiger partial charge in [0.1, 0.15) is 0 Å². The monoisotopic (exact) mass is 241 g/mol. The summed E-state index contributed by atoms with van der Waals surface area (Å²) in [6, 6.07) is 0.122. The summed E-state index contributed by atoms with van der Waals surface area (Å²) < 4.78 is 0. The minimum atomic E-state index is 0.122. The molecule has 0 aromatic heterocycles. The van der Waals surface area contributed by atoms with Gasteiger partial charge in [0.25, 0.3) is 0 Å². The van der Waals surface area contributed by atoms with Gasteiger partial charge in [0.05, 0.1) is 0 Å². The molecule has 0 bridgehead atoms. The summed E-state index contributed by atoms with van der Waals surface area (Å²) in [5.74, 6) is 0. The van der Waals surface area contributed by atoms with Crippen molar-refractivity contribution in [3.8, 4) is 0 Å². The van der Waals surface area contributed by atoms with Crippen molar-refractivity contribution in [1.29, 1.82) is 0 Å². The van der Waals surface area contributed by atoms with Crippen molar-refractivity contribution in [3.63, 3.8) is 0 Å². The quantitative estimate of drug-likeness (QED) is 0.721. The zero-order chi connectivity index (χ0) is 12.5. The summed E-state index contributed by atoms with van der Waals surface area (Å²) in [6.07, 6.45) is 4.69. The molecule has 0 aliphatic carbocycles. The van der Waals surface area contributed by atoms with Gasteiger partial charge >= 0.3 is 6.03 Å². The van der Waals surface area contributed by atoms with Crippen LogP contribution in [-0.2, 0) is 0 Å². The van der Waals surface area contributed by atoms with Gasteiger partial charge in [-0.3, -0.25) is 4.90 Å². The maximum absolute atomic E-state index is 11.8. The number of rotatable bonds is 6. The van der Waals surface area contributed by atoms with Crippen LogP contribution in [0.15, 0.2) is 0 Å². The molecule has 0 aromatic carbocycles. The van der Waals surface area contributed by atoms with Crippen LogP contribution in [0, 0.1) is 0 Å². The normalized spacial score (nSPS) is 17.2. The molecule has 4 nitrogen and oxygen atoms in total. The van der Waals surface area contributed by atoms with Crippen molar-refractivity contribution in [2.45, 2.75) is 39.5 Å². The molecule has 1 heterocycles. The molecule has 17 heavy (non-hydrogen) atoms. The molecule has 100 valence electrons. The van der Waals surface area contributed by atoms with Gasteiger partial charge in [0.2, 0.25) is 0 Å². The zero-order valence-corrected chi connectivity index (χ0v) is 11.4. The van der Waals surface area contributed by atoms with Gasteiger partial charge < -0.3 is 10.2 Å². The highest BCUT2D eigenvalue weighted by molar-refractivity contribution is 5.74. The number of hydrogen-bond donors (Lipinski definition) is 1. The van der Waals surface area contributed by atoms with Gasteiger partial charge in [-0.1, -0.05) is 26.7 Å². The van der Waals surface area contributed by atoms with E-state index >= 15 is 0 Å². The molecule has 1 rings (SSSR count). The van der Waals surface area contributed by atoms with E-state index in [4.69, 9.17) is 0 Å². The summed E-state index contributed by atoms with van der Waals surface area (Å²) in [6.45, 7) is 10.2. The number of hydrogen-bond acceptors (Lipinski definition) is 2. The van der Waals surface area contributed by atoms with Crippen LogP contribution in [-0.4, -0.2) is 55.1 Å². The number of nitrogens with one attached hydrogen (secondary N) is 1. The van der Waals surface area contributed by atoms with E-state index in [0.29, 0.717) is 0 Å². The molecule has 0 unspecified atom stereocenters. The second kappa shape index (κ2) is 8.34. The number of piperazine rings is 1. The lowest BCUT2D eigenvalue weighted by atomic mass is 10.2. The van der Waals surface area contributed by atoms with Gasteiger partial charge in [0.15, 0.2) is 0 Å². The Kier molecular flexibility index (Phi) is 7.01. The van der Waals surface area contributed by atoms with Gasteiger partial charge in [-0.25, -0.2) is 4.79 Å². The summed E-state index contributed by atoms with van der Waals surface area (Å²) in [7, 11) is 0. The number of unbranched alkanes of at least 4 members (excludes halogenated alkanes) is 2. The highest BCUT2D eigenvalue weighted by atomic mass is 16.2. The van der Waals surface area contributed by atoms with Crippen molar-refractivity contribution in [2.75, 3.05) is 39.3 Å². The molecule has 1 aliphatic heterocycles. The molecule has 1 N–H and O–H groups in total. The van der Waals surface area contributed by atoms with E-state index in [1.54, 1.807) is 0 Å². The van der Waals surface area contributed by atoms with Crippen LogP contribution in [0.4, 0.5) is 4.79 Å². The lowest BCUT2D eigenvalue weighted by molar-refractivity contribution is 0.139. The second-order valence-electron chi connectivity index (χ2n) is 4.77. The van der Waals surface area contributed by atoms with Gasteiger partial charge in [0, 0.05) is 32.7 Å². The lowest BCUT2D eigenvalue weighted by Crippen LogP contribution is -2.51. The van der Waals surface area contributed by atoms with Crippen LogP contribution in [0.3, 0.4) is 0 Å². The Labute approximate surface area is 105 Å². The van der Waals surface area contributed by atoms with Crippen molar-refractivity contribution in [2.24, 2.45) is 0 Å². The number of carbonyl (C=O) groups excluding carboxylic acids is 1. The molecule has 0 aromatic rings. The van der Waals surface area contributed by atoms with Crippen molar-refractivity contribution < 1.29 is 4.79 Å². The Morgan fingerprint density at radius 2 is 1.76 bits per heavy atom. The molecule has 1 aliphatic rings. The molecule has 1 fully saturated rings. The first kappa shape index (κ1) is 14.3. The first-order chi connectivity index (χ1) is 8.27. The smallest absolute Gasteiger partial charge is 0.317 e. The Hall–Kier alpha value is -0.770. The fourth-order valence-electron chi connectivity index (χ4n) is 2.17. The SMILES string of the molecule is CCCCCNC(=O)N1CCN(CCC)CC1. The van der Waals surface area contributed by atoms with Gasteiger partial charge in [-0.05, 0) is 19.4 Å². The van der Waals surface area contributed by atoms with Crippen LogP contribution >= 0.6 is 0 Å². The fourth-order valence-corrected chi connectivity index (χ4v) is 2.17. The van der Waals surface area contributed by atoms with Crippen LogP contribution in [0.5, 0.6) is 0 Å². The van der Waals surface area contributed by atoms with E-state index in [0.717, 1.165) is 45.7 Å². The number of carbonyl (C=O) groups is 1. The van der Waals surface area contributed by atoms with E-state index in [2.05, 4.69) is 24.1 Å². The highest BCUT2D eigenvalue weighted by Crippen LogP contribution is 2.02. The van der Waals surface area contributed by atoms with Crippen molar-refractivity contribution in [1.82, 2.24) is 15.1 Å². The zero-order valence-electron chi connectivity index (χ0n) is 11.4. The summed E-state index contributed by atoms with van der Waals surface area (Å²) >= 11 is 0. The van der Waals surface area contributed by atoms with E-state index in [1.807, 2.05) is 4.90 Å². The fraction of sp³-hybridized carbons (Fsp3) is 0.923. The highest BCUT2D eigenvalue weighted by Gasteiger charge is 2.19. The minimum Gasteiger partial charge on any atom is -0.338 e. The Morgan fingerprint density at radius 3 is 2.35 bits per heavy atom. The molecule has 0 atom stereocenters. The molecule has 0 radical (unpaired) electrons. The first-order valence-electron chi connectivity index (χ1n) is 7.03. The van der Waals surface area contributed by atoms with E-state index in [9.17, 15) is 4.79 Å². The summed E-state index contributed by atoms with van der Waals surface area (Å²) in [5.41, 5.74) is 0. The number of nitrogens with zero attached hydrogens (tertiary/aromatic N) is 2. The third-order valence-corrected chi connectivity index (χ3v) is 3.26. The average molecular weight is 241 g/mol. The maximum atomic E-state index is 11.8. The van der Waals surface area contributed by atoms with Crippen molar-refractivity contribution in [3.05, 3.63) is 0 Å². The molecule has 0 saturated carbocycles. The first-order valence-corrected chi connectivity index (χ1v) is 7.03.